The first-order chi connectivity index (χ1) is 7.61. The van der Waals surface area contributed by atoms with Crippen molar-refractivity contribution in [1.82, 2.24) is 0 Å². The zero-order valence-electron chi connectivity index (χ0n) is 9.10. The zero-order valence-corrected chi connectivity index (χ0v) is 9.10. The number of rotatable bonds is 2. The molecule has 0 aliphatic rings. The summed E-state index contributed by atoms with van der Waals surface area (Å²) >= 11 is 0. The highest BCUT2D eigenvalue weighted by Gasteiger charge is 2.05. The quantitative estimate of drug-likeness (QED) is 0.436. The van der Waals surface area contributed by atoms with Gasteiger partial charge in [-0.05, 0) is 18.6 Å². The van der Waals surface area contributed by atoms with Gasteiger partial charge in [0.25, 0.3) is 0 Å². The number of hydrogen-bond donors (Lipinski definition) is 0. The first-order valence-electron chi connectivity index (χ1n) is 4.66. The Bertz CT molecular complexity index is 404. The monoisotopic (exact) mass is 220 g/mol. The van der Waals surface area contributed by atoms with Gasteiger partial charge in [0.05, 0.1) is 7.11 Å². The van der Waals surface area contributed by atoms with Crippen LogP contribution < -0.4 is 0 Å². The van der Waals surface area contributed by atoms with Crippen LogP contribution in [0.4, 0.5) is 4.79 Å². The molecule has 1 aromatic carbocycles. The van der Waals surface area contributed by atoms with Crippen LogP contribution in [0.5, 0.6) is 0 Å². The Morgan fingerprint density at radius 1 is 1.19 bits per heavy atom. The summed E-state index contributed by atoms with van der Waals surface area (Å²) in [6.07, 6.45) is 1.71. The predicted molar refractivity (Wildman–Crippen MR) is 58.7 cm³/mol. The summed E-state index contributed by atoms with van der Waals surface area (Å²) < 4.78 is 8.43. The molecule has 1 aromatic rings. The number of carbonyl (C=O) groups excluding carboxylic acids is 2. The smallest absolute Gasteiger partial charge is 0.437 e. The first-order valence-corrected chi connectivity index (χ1v) is 4.66. The maximum Gasteiger partial charge on any atom is 0.516 e. The van der Waals surface area contributed by atoms with Crippen molar-refractivity contribution in [2.24, 2.45) is 0 Å². The Balaban J connectivity index is 2.56. The van der Waals surface area contributed by atoms with E-state index in [1.165, 1.54) is 6.08 Å². The van der Waals surface area contributed by atoms with E-state index in [2.05, 4.69) is 9.47 Å². The Kier molecular flexibility index (Phi) is 4.27. The van der Waals surface area contributed by atoms with Crippen LogP contribution in [-0.2, 0) is 14.3 Å². The van der Waals surface area contributed by atoms with E-state index in [1.807, 2.05) is 31.2 Å². The summed E-state index contributed by atoms with van der Waals surface area (Å²) in [4.78, 5) is 21.6. The predicted octanol–water partition coefficient (Wildman–Crippen LogP) is 2.32. The molecule has 0 unspecified atom stereocenters. The summed E-state index contributed by atoms with van der Waals surface area (Å²) in [5.41, 5.74) is 1.99. The Morgan fingerprint density at radius 3 is 2.38 bits per heavy atom. The molecule has 16 heavy (non-hydrogen) atoms. The molecule has 0 aliphatic heterocycles. The highest BCUT2D eigenvalue weighted by molar-refractivity contribution is 5.93. The second-order valence-electron chi connectivity index (χ2n) is 3.12. The molecule has 0 radical (unpaired) electrons. The second kappa shape index (κ2) is 5.70. The molecular weight excluding hydrogens is 208 g/mol. The molecule has 1 rings (SSSR count). The second-order valence-corrected chi connectivity index (χ2v) is 3.12. The molecule has 0 fully saturated rings. The number of carbonyl (C=O) groups is 2. The van der Waals surface area contributed by atoms with E-state index in [-0.39, 0.29) is 0 Å². The normalized spacial score (nSPS) is 10.1. The SMILES string of the molecule is COC(=O)OC(=O)C=Cc1ccc(C)cc1. The summed E-state index contributed by atoms with van der Waals surface area (Å²) in [5, 5.41) is 0. The molecule has 0 spiro atoms. The lowest BCUT2D eigenvalue weighted by atomic mass is 10.1. The largest absolute Gasteiger partial charge is 0.516 e. The van der Waals surface area contributed by atoms with E-state index >= 15 is 0 Å². The molecule has 4 heteroatoms. The Labute approximate surface area is 93.5 Å². The van der Waals surface area contributed by atoms with E-state index in [9.17, 15) is 9.59 Å². The maximum absolute atomic E-state index is 11.0. The van der Waals surface area contributed by atoms with E-state index in [4.69, 9.17) is 0 Å². The molecule has 0 saturated heterocycles. The van der Waals surface area contributed by atoms with Crippen molar-refractivity contribution in [3.8, 4) is 0 Å². The van der Waals surface area contributed by atoms with Crippen molar-refractivity contribution < 1.29 is 19.1 Å². The van der Waals surface area contributed by atoms with Crippen molar-refractivity contribution in [3.63, 3.8) is 0 Å². The van der Waals surface area contributed by atoms with Crippen LogP contribution in [0.1, 0.15) is 11.1 Å². The zero-order chi connectivity index (χ0) is 12.0. The van der Waals surface area contributed by atoms with E-state index in [0.29, 0.717) is 0 Å². The van der Waals surface area contributed by atoms with Gasteiger partial charge in [0, 0.05) is 6.08 Å². The average Bonchev–Trinajstić information content (AvgIpc) is 2.28. The van der Waals surface area contributed by atoms with Crippen molar-refractivity contribution in [3.05, 3.63) is 41.5 Å². The Morgan fingerprint density at radius 2 is 1.81 bits per heavy atom. The number of esters is 1. The molecular formula is C12H12O4. The summed E-state index contributed by atoms with van der Waals surface area (Å²) in [7, 11) is 1.14. The van der Waals surface area contributed by atoms with Crippen molar-refractivity contribution in [2.75, 3.05) is 7.11 Å². The van der Waals surface area contributed by atoms with Crippen LogP contribution in [-0.4, -0.2) is 19.2 Å². The maximum atomic E-state index is 11.0. The molecule has 0 aliphatic carbocycles. The fourth-order valence-electron chi connectivity index (χ4n) is 1.000. The van der Waals surface area contributed by atoms with Crippen LogP contribution in [0.3, 0.4) is 0 Å². The highest BCUT2D eigenvalue weighted by Crippen LogP contribution is 2.05. The highest BCUT2D eigenvalue weighted by atomic mass is 16.7. The van der Waals surface area contributed by atoms with Gasteiger partial charge in [0.15, 0.2) is 0 Å². The molecule has 4 nitrogen and oxygen atoms in total. The summed E-state index contributed by atoms with van der Waals surface area (Å²) in [6.45, 7) is 1.97. The van der Waals surface area contributed by atoms with E-state index in [1.54, 1.807) is 6.08 Å². The van der Waals surface area contributed by atoms with Crippen molar-refractivity contribution in [1.29, 1.82) is 0 Å². The van der Waals surface area contributed by atoms with Crippen LogP contribution in [0.15, 0.2) is 30.3 Å². The summed E-state index contributed by atoms with van der Waals surface area (Å²) in [5.74, 6) is -0.757. The number of hydrogen-bond acceptors (Lipinski definition) is 4. The third-order valence-corrected chi connectivity index (χ3v) is 1.84. The van der Waals surface area contributed by atoms with Gasteiger partial charge in [-0.2, -0.15) is 0 Å². The van der Waals surface area contributed by atoms with Gasteiger partial charge < -0.3 is 9.47 Å². The lowest BCUT2D eigenvalue weighted by Gasteiger charge is -1.96. The summed E-state index contributed by atoms with van der Waals surface area (Å²) in [6, 6.07) is 7.56. The minimum absolute atomic E-state index is 0.757. The van der Waals surface area contributed by atoms with Gasteiger partial charge in [-0.25, -0.2) is 9.59 Å². The lowest BCUT2D eigenvalue weighted by Crippen LogP contribution is -2.09. The molecule has 0 saturated carbocycles. The number of aryl methyl sites for hydroxylation is 1. The number of methoxy groups -OCH3 is 1. The minimum atomic E-state index is -1.02. The van der Waals surface area contributed by atoms with Crippen molar-refractivity contribution in [2.45, 2.75) is 6.92 Å². The van der Waals surface area contributed by atoms with Crippen molar-refractivity contribution >= 4 is 18.2 Å². The average molecular weight is 220 g/mol. The molecule has 0 bridgehead atoms. The number of benzene rings is 1. The molecule has 84 valence electrons. The fourth-order valence-corrected chi connectivity index (χ4v) is 1.000. The van der Waals surface area contributed by atoms with Crippen LogP contribution in [0.25, 0.3) is 6.08 Å². The van der Waals surface area contributed by atoms with E-state index in [0.717, 1.165) is 18.2 Å². The van der Waals surface area contributed by atoms with Crippen LogP contribution in [0, 0.1) is 6.92 Å². The molecule has 0 aromatic heterocycles. The lowest BCUT2D eigenvalue weighted by molar-refractivity contribution is -0.133. The van der Waals surface area contributed by atoms with Gasteiger partial charge in [-0.1, -0.05) is 29.8 Å². The van der Waals surface area contributed by atoms with Crippen LogP contribution >= 0.6 is 0 Å². The van der Waals surface area contributed by atoms with Gasteiger partial charge in [0.2, 0.25) is 0 Å². The van der Waals surface area contributed by atoms with Gasteiger partial charge in [-0.15, -0.1) is 0 Å². The standard InChI is InChI=1S/C12H12O4/c1-9-3-5-10(6-4-9)7-8-11(13)16-12(14)15-2/h3-8H,1-2H3. The third-order valence-electron chi connectivity index (χ3n) is 1.84. The molecule has 0 heterocycles. The molecule has 0 N–H and O–H groups in total. The minimum Gasteiger partial charge on any atom is -0.437 e. The van der Waals surface area contributed by atoms with E-state index < -0.39 is 12.1 Å². The number of ether oxygens (including phenoxy) is 2. The van der Waals surface area contributed by atoms with Gasteiger partial charge in [-0.3, -0.25) is 0 Å². The molecule has 0 amide bonds. The van der Waals surface area contributed by atoms with Gasteiger partial charge >= 0.3 is 12.1 Å². The molecule has 0 atom stereocenters. The van der Waals surface area contributed by atoms with Crippen LogP contribution in [0.2, 0.25) is 0 Å². The third kappa shape index (κ3) is 3.96. The Hall–Kier alpha value is -2.10. The first kappa shape index (κ1) is 12.0. The van der Waals surface area contributed by atoms with Gasteiger partial charge in [0.1, 0.15) is 0 Å². The topological polar surface area (TPSA) is 52.6 Å². The fraction of sp³-hybridized carbons (Fsp3) is 0.167.